The lowest BCUT2D eigenvalue weighted by atomic mass is 10.0. The summed E-state index contributed by atoms with van der Waals surface area (Å²) in [4.78, 5) is 16.3. The molecule has 1 aromatic heterocycles. The molecule has 7 nitrogen and oxygen atoms in total. The minimum absolute atomic E-state index is 0.205. The van der Waals surface area contributed by atoms with E-state index in [1.807, 2.05) is 26.0 Å². The zero-order valence-corrected chi connectivity index (χ0v) is 14.6. The summed E-state index contributed by atoms with van der Waals surface area (Å²) in [6, 6.07) is 6.86. The van der Waals surface area contributed by atoms with E-state index in [4.69, 9.17) is 4.52 Å². The quantitative estimate of drug-likeness (QED) is 0.773. The van der Waals surface area contributed by atoms with Gasteiger partial charge in [-0.2, -0.15) is 4.98 Å². The Bertz CT molecular complexity index is 718. The molecule has 0 radical (unpaired) electrons. The molecule has 1 aliphatic rings. The number of carbonyl (C=O) groups is 1. The minimum Gasteiger partial charge on any atom is -0.388 e. The van der Waals surface area contributed by atoms with Crippen molar-refractivity contribution in [2.75, 3.05) is 11.9 Å². The van der Waals surface area contributed by atoms with Crippen LogP contribution in [-0.4, -0.2) is 33.4 Å². The molecule has 1 aromatic carbocycles. The standard InChI is InChI=1S/C18H24N4O3/c1-12(2)15-21-16(25-22-15)13-5-7-14(8-6-13)20-17(23)19-11-18(24)9-3-4-10-18/h5-8,12,24H,3-4,9-11H2,1-2H3,(H2,19,20,23). The monoisotopic (exact) mass is 344 g/mol. The Balaban J connectivity index is 1.55. The van der Waals surface area contributed by atoms with Crippen LogP contribution >= 0.6 is 0 Å². The van der Waals surface area contributed by atoms with E-state index in [-0.39, 0.29) is 18.5 Å². The van der Waals surface area contributed by atoms with Crippen LogP contribution in [-0.2, 0) is 0 Å². The maximum absolute atomic E-state index is 12.0. The molecule has 1 fully saturated rings. The molecule has 2 aromatic rings. The summed E-state index contributed by atoms with van der Waals surface area (Å²) in [5.41, 5.74) is 0.696. The highest BCUT2D eigenvalue weighted by atomic mass is 16.5. The minimum atomic E-state index is -0.757. The normalized spacial score (nSPS) is 16.2. The average molecular weight is 344 g/mol. The summed E-state index contributed by atoms with van der Waals surface area (Å²) in [6.07, 6.45) is 3.50. The largest absolute Gasteiger partial charge is 0.388 e. The van der Waals surface area contributed by atoms with Crippen LogP contribution in [0.1, 0.15) is 51.3 Å². The molecular weight excluding hydrogens is 320 g/mol. The Morgan fingerprint density at radius 2 is 1.96 bits per heavy atom. The SMILES string of the molecule is CC(C)c1noc(-c2ccc(NC(=O)NCC3(O)CCCC3)cc2)n1. The number of hydrogen-bond donors (Lipinski definition) is 3. The Morgan fingerprint density at radius 3 is 2.56 bits per heavy atom. The van der Waals surface area contributed by atoms with E-state index in [0.29, 0.717) is 17.4 Å². The van der Waals surface area contributed by atoms with E-state index >= 15 is 0 Å². The smallest absolute Gasteiger partial charge is 0.319 e. The molecule has 7 heteroatoms. The van der Waals surface area contributed by atoms with E-state index < -0.39 is 5.60 Å². The van der Waals surface area contributed by atoms with Crippen molar-refractivity contribution in [2.24, 2.45) is 0 Å². The molecule has 0 aliphatic heterocycles. The molecule has 1 aliphatic carbocycles. The number of amides is 2. The van der Waals surface area contributed by atoms with Crippen LogP contribution < -0.4 is 10.6 Å². The van der Waals surface area contributed by atoms with Gasteiger partial charge in [0.1, 0.15) is 0 Å². The number of carbonyl (C=O) groups excluding carboxylic acids is 1. The van der Waals surface area contributed by atoms with Crippen molar-refractivity contribution in [1.29, 1.82) is 0 Å². The van der Waals surface area contributed by atoms with Gasteiger partial charge < -0.3 is 20.3 Å². The van der Waals surface area contributed by atoms with Gasteiger partial charge in [0.15, 0.2) is 5.82 Å². The number of benzene rings is 1. The lowest BCUT2D eigenvalue weighted by Gasteiger charge is -2.22. The number of nitrogens with one attached hydrogen (secondary N) is 2. The number of rotatable bonds is 5. The fraction of sp³-hybridized carbons (Fsp3) is 0.500. The number of anilines is 1. The Labute approximate surface area is 146 Å². The highest BCUT2D eigenvalue weighted by Gasteiger charge is 2.31. The fourth-order valence-electron chi connectivity index (χ4n) is 2.91. The van der Waals surface area contributed by atoms with Crippen LogP contribution in [0.2, 0.25) is 0 Å². The van der Waals surface area contributed by atoms with Crippen molar-refractivity contribution in [3.63, 3.8) is 0 Å². The highest BCUT2D eigenvalue weighted by Crippen LogP contribution is 2.28. The average Bonchev–Trinajstić information content (AvgIpc) is 3.24. The van der Waals surface area contributed by atoms with Crippen molar-refractivity contribution in [1.82, 2.24) is 15.5 Å². The number of hydrogen-bond acceptors (Lipinski definition) is 5. The third kappa shape index (κ3) is 4.36. The molecular formula is C18H24N4O3. The maximum atomic E-state index is 12.0. The zero-order chi connectivity index (χ0) is 17.9. The second kappa shape index (κ2) is 7.23. The van der Waals surface area contributed by atoms with Crippen LogP contribution in [0.25, 0.3) is 11.5 Å². The van der Waals surface area contributed by atoms with Gasteiger partial charge in [-0.15, -0.1) is 0 Å². The molecule has 1 saturated carbocycles. The van der Waals surface area contributed by atoms with Gasteiger partial charge in [-0.25, -0.2) is 4.79 Å². The van der Waals surface area contributed by atoms with Crippen molar-refractivity contribution < 1.29 is 14.4 Å². The van der Waals surface area contributed by atoms with E-state index in [1.54, 1.807) is 12.1 Å². The first-order valence-corrected chi connectivity index (χ1v) is 8.66. The Hall–Kier alpha value is -2.41. The summed E-state index contributed by atoms with van der Waals surface area (Å²) in [5, 5.41) is 19.7. The van der Waals surface area contributed by atoms with E-state index in [9.17, 15) is 9.90 Å². The van der Waals surface area contributed by atoms with Crippen LogP contribution in [0, 0.1) is 0 Å². The predicted molar refractivity (Wildman–Crippen MR) is 94.3 cm³/mol. The molecule has 0 bridgehead atoms. The van der Waals surface area contributed by atoms with Gasteiger partial charge >= 0.3 is 6.03 Å². The van der Waals surface area contributed by atoms with Gasteiger partial charge in [-0.1, -0.05) is 31.8 Å². The van der Waals surface area contributed by atoms with E-state index in [2.05, 4.69) is 20.8 Å². The fourth-order valence-corrected chi connectivity index (χ4v) is 2.91. The molecule has 3 rings (SSSR count). The lowest BCUT2D eigenvalue weighted by molar-refractivity contribution is 0.0506. The highest BCUT2D eigenvalue weighted by molar-refractivity contribution is 5.89. The number of urea groups is 1. The topological polar surface area (TPSA) is 100 Å². The predicted octanol–water partition coefficient (Wildman–Crippen LogP) is 3.29. The number of aromatic nitrogens is 2. The summed E-state index contributed by atoms with van der Waals surface area (Å²) in [7, 11) is 0. The lowest BCUT2D eigenvalue weighted by Crippen LogP contribution is -2.42. The number of aliphatic hydroxyl groups is 1. The molecule has 0 unspecified atom stereocenters. The maximum Gasteiger partial charge on any atom is 0.319 e. The summed E-state index contributed by atoms with van der Waals surface area (Å²) in [5.74, 6) is 1.33. The van der Waals surface area contributed by atoms with Crippen LogP contribution in [0.15, 0.2) is 28.8 Å². The molecule has 1 heterocycles. The molecule has 0 spiro atoms. The first-order valence-electron chi connectivity index (χ1n) is 8.66. The molecule has 3 N–H and O–H groups in total. The molecule has 0 atom stereocenters. The summed E-state index contributed by atoms with van der Waals surface area (Å²) < 4.78 is 5.25. The second-order valence-electron chi connectivity index (χ2n) is 6.93. The van der Waals surface area contributed by atoms with Crippen molar-refractivity contribution in [3.8, 4) is 11.5 Å². The molecule has 2 amide bonds. The van der Waals surface area contributed by atoms with Gasteiger partial charge in [-0.3, -0.25) is 0 Å². The van der Waals surface area contributed by atoms with Crippen LogP contribution in [0.4, 0.5) is 10.5 Å². The van der Waals surface area contributed by atoms with Crippen molar-refractivity contribution >= 4 is 11.7 Å². The Kier molecular flexibility index (Phi) is 5.03. The summed E-state index contributed by atoms with van der Waals surface area (Å²) in [6.45, 7) is 4.28. The van der Waals surface area contributed by atoms with Gasteiger partial charge in [0.25, 0.3) is 5.89 Å². The van der Waals surface area contributed by atoms with Gasteiger partial charge in [0.05, 0.1) is 5.60 Å². The second-order valence-corrected chi connectivity index (χ2v) is 6.93. The number of nitrogens with zero attached hydrogens (tertiary/aromatic N) is 2. The van der Waals surface area contributed by atoms with Gasteiger partial charge in [-0.05, 0) is 37.1 Å². The van der Waals surface area contributed by atoms with Gasteiger partial charge in [0, 0.05) is 23.7 Å². The summed E-state index contributed by atoms with van der Waals surface area (Å²) >= 11 is 0. The Morgan fingerprint density at radius 1 is 1.28 bits per heavy atom. The van der Waals surface area contributed by atoms with Crippen molar-refractivity contribution in [2.45, 2.75) is 51.0 Å². The van der Waals surface area contributed by atoms with E-state index in [1.165, 1.54) is 0 Å². The zero-order valence-electron chi connectivity index (χ0n) is 14.6. The third-order valence-corrected chi connectivity index (χ3v) is 4.46. The molecule has 0 saturated heterocycles. The molecule has 134 valence electrons. The van der Waals surface area contributed by atoms with E-state index in [0.717, 1.165) is 31.2 Å². The van der Waals surface area contributed by atoms with Crippen LogP contribution in [0.3, 0.4) is 0 Å². The third-order valence-electron chi connectivity index (χ3n) is 4.46. The van der Waals surface area contributed by atoms with Gasteiger partial charge in [0.2, 0.25) is 0 Å². The first-order chi connectivity index (χ1) is 12.0. The first kappa shape index (κ1) is 17.4. The molecule has 25 heavy (non-hydrogen) atoms. The van der Waals surface area contributed by atoms with Crippen molar-refractivity contribution in [3.05, 3.63) is 30.1 Å². The van der Waals surface area contributed by atoms with Crippen LogP contribution in [0.5, 0.6) is 0 Å².